The molecule has 0 unspecified atom stereocenters. The number of aromatic nitrogens is 1. The first-order chi connectivity index (χ1) is 17.7. The van der Waals surface area contributed by atoms with Crippen molar-refractivity contribution in [3.63, 3.8) is 0 Å². The first-order valence-electron chi connectivity index (χ1n) is 13.8. The summed E-state index contributed by atoms with van der Waals surface area (Å²) in [4.78, 5) is 0. The molecule has 0 spiro atoms. The number of hydrogen-bond donors (Lipinski definition) is 0. The fraction of sp³-hybridized carbons (Fsp3) is 0.324. The van der Waals surface area contributed by atoms with E-state index in [0.717, 1.165) is 35.1 Å². The summed E-state index contributed by atoms with van der Waals surface area (Å²) in [5, 5.41) is 4.78. The summed E-state index contributed by atoms with van der Waals surface area (Å²) in [5.41, 5.74) is 12.1. The van der Waals surface area contributed by atoms with Gasteiger partial charge < -0.3 is 4.42 Å². The van der Waals surface area contributed by atoms with Crippen LogP contribution < -0.4 is 4.57 Å². The molecule has 36 heavy (non-hydrogen) atoms. The Labute approximate surface area is 215 Å². The maximum Gasteiger partial charge on any atom is 0.221 e. The highest BCUT2D eigenvalue weighted by Gasteiger charge is 2.35. The molecule has 0 saturated carbocycles. The van der Waals surface area contributed by atoms with E-state index in [9.17, 15) is 0 Å². The molecule has 0 amide bonds. The summed E-state index contributed by atoms with van der Waals surface area (Å²) in [7, 11) is 2.04. The van der Waals surface area contributed by atoms with Gasteiger partial charge in [-0.1, -0.05) is 58.0 Å². The normalized spacial score (nSPS) is 13.9. The van der Waals surface area contributed by atoms with E-state index in [2.05, 4.69) is 82.5 Å². The molecule has 2 aromatic heterocycles. The van der Waals surface area contributed by atoms with Gasteiger partial charge in [0.1, 0.15) is 19.6 Å². The van der Waals surface area contributed by atoms with Crippen molar-refractivity contribution in [2.24, 2.45) is 18.9 Å². The molecule has 1 aliphatic rings. The van der Waals surface area contributed by atoms with Gasteiger partial charge in [0.05, 0.1) is 11.0 Å². The van der Waals surface area contributed by atoms with E-state index in [0.29, 0.717) is 18.0 Å². The number of para-hydroxylation sites is 1. The summed E-state index contributed by atoms with van der Waals surface area (Å²) >= 11 is 0. The van der Waals surface area contributed by atoms with Gasteiger partial charge in [0, 0.05) is 22.4 Å². The van der Waals surface area contributed by atoms with Crippen molar-refractivity contribution in [1.82, 2.24) is 0 Å². The highest BCUT2D eigenvalue weighted by atomic mass is 16.3. The maximum absolute atomic E-state index is 8.90. The molecule has 182 valence electrons. The Morgan fingerprint density at radius 1 is 0.917 bits per heavy atom. The third-order valence-electron chi connectivity index (χ3n) is 7.77. The van der Waals surface area contributed by atoms with Gasteiger partial charge in [-0.3, -0.25) is 0 Å². The van der Waals surface area contributed by atoms with E-state index in [1.807, 2.05) is 19.2 Å². The maximum atomic E-state index is 8.90. The molecule has 5 aromatic rings. The van der Waals surface area contributed by atoms with Gasteiger partial charge in [-0.05, 0) is 83.9 Å². The Morgan fingerprint density at radius 3 is 2.42 bits per heavy atom. The van der Waals surface area contributed by atoms with Crippen LogP contribution in [0.4, 0.5) is 0 Å². The molecule has 0 N–H and O–H groups in total. The second-order valence-electron chi connectivity index (χ2n) is 11.5. The molecular weight excluding hydrogens is 438 g/mol. The van der Waals surface area contributed by atoms with Crippen LogP contribution in [0.2, 0.25) is 0 Å². The number of aryl methyl sites for hydroxylation is 1. The lowest BCUT2D eigenvalue weighted by Crippen LogP contribution is -2.32. The first kappa shape index (κ1) is 21.9. The van der Waals surface area contributed by atoms with Crippen LogP contribution in [0, 0.1) is 25.7 Å². The number of pyridine rings is 1. The van der Waals surface area contributed by atoms with E-state index in [4.69, 9.17) is 5.79 Å². The van der Waals surface area contributed by atoms with Crippen LogP contribution in [-0.4, -0.2) is 0 Å². The minimum absolute atomic E-state index is 0.500. The fourth-order valence-electron chi connectivity index (χ4n) is 6.18. The minimum atomic E-state index is 0.500. The van der Waals surface area contributed by atoms with Gasteiger partial charge in [-0.2, -0.15) is 0 Å². The number of allylic oxidation sites excluding steroid dienone is 1. The van der Waals surface area contributed by atoms with Crippen molar-refractivity contribution in [2.45, 2.75) is 54.4 Å². The molecule has 6 rings (SSSR count). The molecule has 1 aliphatic carbocycles. The van der Waals surface area contributed by atoms with Crippen LogP contribution in [0.5, 0.6) is 0 Å². The molecule has 0 radical (unpaired) electrons. The number of furan rings is 1. The summed E-state index contributed by atoms with van der Waals surface area (Å²) in [5.74, 6) is 1.08. The molecule has 2 heterocycles. The quantitative estimate of drug-likeness (QED) is 0.232. The SMILES string of the molecule is [2H]c1cc2cc(CC(C)C)cc3c2c([n+]1C)C(c1c(C)c(C)cc2c1oc1ccccc12)=C3CC(C)C. The van der Waals surface area contributed by atoms with Crippen LogP contribution in [0.3, 0.4) is 0 Å². The average molecular weight is 476 g/mol. The zero-order valence-electron chi connectivity index (χ0n) is 23.5. The smallest absolute Gasteiger partial charge is 0.221 e. The second kappa shape index (κ2) is 8.34. The zero-order valence-corrected chi connectivity index (χ0v) is 22.5. The molecule has 0 bridgehead atoms. The summed E-state index contributed by atoms with van der Waals surface area (Å²) in [6, 6.07) is 17.4. The molecule has 0 atom stereocenters. The Balaban J connectivity index is 1.79. The third-order valence-corrected chi connectivity index (χ3v) is 7.77. The lowest BCUT2D eigenvalue weighted by atomic mass is 9.87. The van der Waals surface area contributed by atoms with Crippen LogP contribution in [0.25, 0.3) is 43.9 Å². The van der Waals surface area contributed by atoms with Gasteiger partial charge in [-0.25, -0.2) is 4.57 Å². The summed E-state index contributed by atoms with van der Waals surface area (Å²) < 4.78 is 17.6. The van der Waals surface area contributed by atoms with Gasteiger partial charge in [0.2, 0.25) is 5.69 Å². The van der Waals surface area contributed by atoms with Gasteiger partial charge in [0.15, 0.2) is 6.17 Å². The van der Waals surface area contributed by atoms with Gasteiger partial charge in [-0.15, -0.1) is 0 Å². The molecule has 2 heteroatoms. The molecule has 2 nitrogen and oxygen atoms in total. The number of hydrogen-bond acceptors (Lipinski definition) is 1. The van der Waals surface area contributed by atoms with Crippen molar-refractivity contribution >= 4 is 43.9 Å². The topological polar surface area (TPSA) is 17.0 Å². The largest absolute Gasteiger partial charge is 0.455 e. The Bertz CT molecular complexity index is 1770. The van der Waals surface area contributed by atoms with E-state index in [1.165, 1.54) is 55.1 Å². The molecule has 3 aromatic carbocycles. The number of nitrogens with zero attached hydrogens (tertiary/aromatic N) is 1. The molecule has 0 fully saturated rings. The van der Waals surface area contributed by atoms with Gasteiger partial charge in [0.25, 0.3) is 0 Å². The highest BCUT2D eigenvalue weighted by molar-refractivity contribution is 6.20. The molecule has 0 saturated heterocycles. The third kappa shape index (κ3) is 3.42. The number of fused-ring (bicyclic) bond motifs is 3. The Hall–Kier alpha value is -3.39. The number of rotatable bonds is 5. The van der Waals surface area contributed by atoms with Crippen molar-refractivity contribution in [3.8, 4) is 0 Å². The second-order valence-corrected chi connectivity index (χ2v) is 11.5. The predicted octanol–water partition coefficient (Wildman–Crippen LogP) is 8.70. The van der Waals surface area contributed by atoms with Crippen LogP contribution in [0.15, 0.2) is 59.1 Å². The Morgan fingerprint density at radius 2 is 1.67 bits per heavy atom. The minimum Gasteiger partial charge on any atom is -0.455 e. The van der Waals surface area contributed by atoms with Crippen molar-refractivity contribution in [1.29, 1.82) is 0 Å². The van der Waals surface area contributed by atoms with Crippen molar-refractivity contribution in [3.05, 3.63) is 88.2 Å². The van der Waals surface area contributed by atoms with E-state index in [1.54, 1.807) is 0 Å². The average Bonchev–Trinajstić information content (AvgIpc) is 3.34. The number of benzene rings is 3. The van der Waals surface area contributed by atoms with E-state index < -0.39 is 0 Å². The zero-order chi connectivity index (χ0) is 26.2. The highest BCUT2D eigenvalue weighted by Crippen LogP contribution is 2.50. The van der Waals surface area contributed by atoms with E-state index in [-0.39, 0.29) is 0 Å². The first-order valence-corrected chi connectivity index (χ1v) is 13.3. The fourth-order valence-corrected chi connectivity index (χ4v) is 6.18. The van der Waals surface area contributed by atoms with E-state index >= 15 is 0 Å². The summed E-state index contributed by atoms with van der Waals surface area (Å²) in [6.45, 7) is 13.6. The monoisotopic (exact) mass is 475 g/mol. The lowest BCUT2D eigenvalue weighted by Gasteiger charge is -2.15. The predicted molar refractivity (Wildman–Crippen MR) is 152 cm³/mol. The van der Waals surface area contributed by atoms with Crippen LogP contribution >= 0.6 is 0 Å². The van der Waals surface area contributed by atoms with Crippen LogP contribution in [-0.2, 0) is 13.5 Å². The summed E-state index contributed by atoms with van der Waals surface area (Å²) in [6.07, 6.45) is 2.55. The van der Waals surface area contributed by atoms with Crippen molar-refractivity contribution < 1.29 is 10.4 Å². The Kier molecular flexibility index (Phi) is 5.06. The standard InChI is InChI=1S/C34H36NO/c1-19(2)14-23-17-24-12-13-35(7)33-31(24)27(18-23)26(15-20(3)4)32(33)30-22(6)21(5)16-28-25-10-8-9-11-29(25)36-34(28)30/h8-13,16-20H,14-15H2,1-7H3/q+1/i13D. The van der Waals surface area contributed by atoms with Crippen molar-refractivity contribution in [2.75, 3.05) is 0 Å². The molecule has 0 aliphatic heterocycles. The van der Waals surface area contributed by atoms with Crippen LogP contribution in [0.1, 0.15) is 69.0 Å². The molecular formula is C34H36NO+. The van der Waals surface area contributed by atoms with Gasteiger partial charge >= 0.3 is 0 Å². The lowest BCUT2D eigenvalue weighted by molar-refractivity contribution is -0.672.